The molecule has 0 N–H and O–H groups in total. The Bertz CT molecular complexity index is 1650. The number of benzene rings is 4. The largest absolute Gasteiger partial charge is 0.493 e. The van der Waals surface area contributed by atoms with Gasteiger partial charge in [0.25, 0.3) is 5.91 Å². The van der Waals surface area contributed by atoms with Crippen molar-refractivity contribution >= 4 is 16.8 Å². The molecule has 6 rings (SSSR count). The molecule has 4 aromatic carbocycles. The summed E-state index contributed by atoms with van der Waals surface area (Å²) in [6, 6.07) is 34.7. The van der Waals surface area contributed by atoms with E-state index in [9.17, 15) is 4.79 Å². The van der Waals surface area contributed by atoms with Crippen molar-refractivity contribution in [3.8, 4) is 28.5 Å². The fraction of sp³-hybridized carbons (Fsp3) is 0.222. The number of fused-ring (bicyclic) bond motifs is 1. The van der Waals surface area contributed by atoms with Gasteiger partial charge in [-0.3, -0.25) is 9.69 Å². The summed E-state index contributed by atoms with van der Waals surface area (Å²) in [5, 5.41) is 0.831. The smallest absolute Gasteiger partial charge is 0.254 e. The Morgan fingerprint density at radius 3 is 1.81 bits per heavy atom. The second-order valence-corrected chi connectivity index (χ2v) is 10.5. The number of para-hydroxylation sites is 1. The van der Waals surface area contributed by atoms with Crippen LogP contribution in [0.5, 0.6) is 17.2 Å². The van der Waals surface area contributed by atoms with Gasteiger partial charge in [0.1, 0.15) is 0 Å². The van der Waals surface area contributed by atoms with E-state index >= 15 is 0 Å². The third-order valence-electron chi connectivity index (χ3n) is 8.10. The average Bonchev–Trinajstić information content (AvgIpc) is 3.08. The molecule has 1 fully saturated rings. The Kier molecular flexibility index (Phi) is 8.24. The molecule has 1 amide bonds. The van der Waals surface area contributed by atoms with Gasteiger partial charge in [-0.25, -0.2) is 4.98 Å². The first-order valence-electron chi connectivity index (χ1n) is 14.4. The topological polar surface area (TPSA) is 64.1 Å². The molecule has 0 radical (unpaired) electrons. The summed E-state index contributed by atoms with van der Waals surface area (Å²) >= 11 is 0. The number of nitrogens with zero attached hydrogens (tertiary/aromatic N) is 3. The molecule has 0 unspecified atom stereocenters. The Morgan fingerprint density at radius 1 is 0.698 bits per heavy atom. The van der Waals surface area contributed by atoms with Crippen molar-refractivity contribution in [2.45, 2.75) is 6.04 Å². The van der Waals surface area contributed by atoms with Gasteiger partial charge in [-0.2, -0.15) is 0 Å². The monoisotopic (exact) mass is 573 g/mol. The predicted octanol–water partition coefficient (Wildman–Crippen LogP) is 6.48. The van der Waals surface area contributed by atoms with Gasteiger partial charge >= 0.3 is 0 Å². The van der Waals surface area contributed by atoms with Crippen molar-refractivity contribution in [2.24, 2.45) is 0 Å². The number of amides is 1. The number of rotatable bonds is 8. The van der Waals surface area contributed by atoms with Gasteiger partial charge in [0.15, 0.2) is 11.5 Å². The lowest BCUT2D eigenvalue weighted by atomic mass is 9.96. The maximum atomic E-state index is 14.2. The van der Waals surface area contributed by atoms with E-state index in [1.807, 2.05) is 59.5 Å². The molecule has 0 saturated carbocycles. The van der Waals surface area contributed by atoms with Crippen LogP contribution < -0.4 is 14.2 Å². The third kappa shape index (κ3) is 5.64. The quantitative estimate of drug-likeness (QED) is 0.212. The first-order chi connectivity index (χ1) is 21.1. The highest BCUT2D eigenvalue weighted by Gasteiger charge is 2.29. The Morgan fingerprint density at radius 2 is 1.26 bits per heavy atom. The summed E-state index contributed by atoms with van der Waals surface area (Å²) in [7, 11) is 4.75. The fourth-order valence-electron chi connectivity index (χ4n) is 5.97. The molecule has 0 aliphatic carbocycles. The normalized spacial score (nSPS) is 13.7. The highest BCUT2D eigenvalue weighted by Crippen LogP contribution is 2.41. The summed E-state index contributed by atoms with van der Waals surface area (Å²) < 4.78 is 16.7. The van der Waals surface area contributed by atoms with Crippen LogP contribution in [0.25, 0.3) is 22.2 Å². The van der Waals surface area contributed by atoms with Crippen LogP contribution in [0.2, 0.25) is 0 Å². The van der Waals surface area contributed by atoms with Crippen molar-refractivity contribution in [2.75, 3.05) is 47.5 Å². The average molecular weight is 574 g/mol. The summed E-state index contributed by atoms with van der Waals surface area (Å²) in [5.41, 5.74) is 5.32. The number of carbonyl (C=O) groups excluding carboxylic acids is 1. The Balaban J connectivity index is 1.31. The zero-order valence-electron chi connectivity index (χ0n) is 24.7. The van der Waals surface area contributed by atoms with Crippen LogP contribution in [-0.2, 0) is 0 Å². The second kappa shape index (κ2) is 12.5. The van der Waals surface area contributed by atoms with Crippen LogP contribution in [-0.4, -0.2) is 68.2 Å². The van der Waals surface area contributed by atoms with E-state index in [4.69, 9.17) is 19.2 Å². The van der Waals surface area contributed by atoms with Crippen LogP contribution in [0.1, 0.15) is 27.5 Å². The van der Waals surface area contributed by atoms with E-state index in [-0.39, 0.29) is 11.9 Å². The van der Waals surface area contributed by atoms with Gasteiger partial charge in [0, 0.05) is 37.1 Å². The first kappa shape index (κ1) is 28.2. The molecule has 5 aromatic rings. The molecule has 218 valence electrons. The van der Waals surface area contributed by atoms with E-state index < -0.39 is 0 Å². The molecule has 1 aliphatic rings. The molecule has 0 bridgehead atoms. The van der Waals surface area contributed by atoms with Crippen LogP contribution in [0.3, 0.4) is 0 Å². The first-order valence-corrected chi connectivity index (χ1v) is 14.4. The Labute approximate surface area is 252 Å². The highest BCUT2D eigenvalue weighted by atomic mass is 16.5. The van der Waals surface area contributed by atoms with E-state index in [2.05, 4.69) is 53.4 Å². The molecule has 1 aliphatic heterocycles. The lowest BCUT2D eigenvalue weighted by molar-refractivity contribution is 0.0599. The summed E-state index contributed by atoms with van der Waals surface area (Å²) in [6.45, 7) is 2.79. The van der Waals surface area contributed by atoms with Crippen molar-refractivity contribution < 1.29 is 19.0 Å². The van der Waals surface area contributed by atoms with Gasteiger partial charge in [0.05, 0.1) is 44.1 Å². The molecule has 0 spiro atoms. The van der Waals surface area contributed by atoms with Gasteiger partial charge in [0.2, 0.25) is 5.75 Å². The van der Waals surface area contributed by atoms with E-state index in [0.29, 0.717) is 41.6 Å². The number of methoxy groups -OCH3 is 3. The van der Waals surface area contributed by atoms with Crippen LogP contribution in [0.4, 0.5) is 0 Å². The molecule has 43 heavy (non-hydrogen) atoms. The molecule has 7 nitrogen and oxygen atoms in total. The lowest BCUT2D eigenvalue weighted by Crippen LogP contribution is -2.49. The van der Waals surface area contributed by atoms with E-state index in [1.165, 1.54) is 11.1 Å². The second-order valence-electron chi connectivity index (χ2n) is 10.5. The summed E-state index contributed by atoms with van der Waals surface area (Å²) in [4.78, 5) is 23.5. The number of aromatic nitrogens is 1. The number of hydrogen-bond acceptors (Lipinski definition) is 6. The van der Waals surface area contributed by atoms with Crippen molar-refractivity contribution in [3.05, 3.63) is 120 Å². The van der Waals surface area contributed by atoms with Crippen LogP contribution >= 0.6 is 0 Å². The maximum Gasteiger partial charge on any atom is 0.254 e. The number of piperazine rings is 1. The minimum atomic E-state index is 0.00270. The summed E-state index contributed by atoms with van der Waals surface area (Å²) in [6.07, 6.45) is 0. The molecule has 1 aromatic heterocycles. The number of ether oxygens (including phenoxy) is 3. The molecule has 0 atom stereocenters. The van der Waals surface area contributed by atoms with Crippen molar-refractivity contribution in [1.82, 2.24) is 14.8 Å². The fourth-order valence-corrected chi connectivity index (χ4v) is 5.97. The zero-order valence-corrected chi connectivity index (χ0v) is 24.7. The number of carbonyl (C=O) groups is 1. The van der Waals surface area contributed by atoms with Crippen molar-refractivity contribution in [3.63, 3.8) is 0 Å². The third-order valence-corrected chi connectivity index (χ3v) is 8.10. The molecule has 1 saturated heterocycles. The van der Waals surface area contributed by atoms with Gasteiger partial charge < -0.3 is 19.1 Å². The number of pyridine rings is 1. The Hall–Kier alpha value is -4.88. The molecule has 7 heteroatoms. The predicted molar refractivity (Wildman–Crippen MR) is 169 cm³/mol. The van der Waals surface area contributed by atoms with Crippen molar-refractivity contribution in [1.29, 1.82) is 0 Å². The van der Waals surface area contributed by atoms with Crippen LogP contribution in [0.15, 0.2) is 103 Å². The van der Waals surface area contributed by atoms with E-state index in [0.717, 1.165) is 29.6 Å². The van der Waals surface area contributed by atoms with Gasteiger partial charge in [-0.15, -0.1) is 0 Å². The maximum absolute atomic E-state index is 14.2. The zero-order chi connectivity index (χ0) is 29.8. The standard InChI is InChI=1S/C36H35N3O4/c1-41-32-22-27(23-33(42-2)35(32)43-3)31-24-29(28-16-10-11-17-30(28)37-31)36(40)39-20-18-38(19-21-39)34(25-12-6-4-7-13-25)26-14-8-5-9-15-26/h4-17,22-24,34H,18-21H2,1-3H3. The van der Waals surface area contributed by atoms with Crippen LogP contribution in [0, 0.1) is 0 Å². The molecule has 2 heterocycles. The number of hydrogen-bond donors (Lipinski definition) is 0. The summed E-state index contributed by atoms with van der Waals surface area (Å²) in [5.74, 6) is 1.57. The van der Waals surface area contributed by atoms with E-state index in [1.54, 1.807) is 21.3 Å². The SMILES string of the molecule is COc1cc(-c2cc(C(=O)N3CCN(C(c4ccccc4)c4ccccc4)CC3)c3ccccc3n2)cc(OC)c1OC. The van der Waals surface area contributed by atoms with Gasteiger partial charge in [-0.1, -0.05) is 78.9 Å². The van der Waals surface area contributed by atoms with Gasteiger partial charge in [-0.05, 0) is 35.4 Å². The molecular formula is C36H35N3O4. The highest BCUT2D eigenvalue weighted by molar-refractivity contribution is 6.07. The minimum Gasteiger partial charge on any atom is -0.493 e. The minimum absolute atomic E-state index is 0.00270. The molecular weight excluding hydrogens is 538 g/mol. The lowest BCUT2D eigenvalue weighted by Gasteiger charge is -2.40.